The molecule has 1 fully saturated rings. The summed E-state index contributed by atoms with van der Waals surface area (Å²) in [5.74, 6) is 0.822. The van der Waals surface area contributed by atoms with Crippen molar-refractivity contribution in [3.63, 3.8) is 0 Å². The predicted octanol–water partition coefficient (Wildman–Crippen LogP) is 5.91. The molecule has 6 nitrogen and oxygen atoms in total. The average molecular weight is 489 g/mol. The minimum absolute atomic E-state index is 0.191. The third-order valence-corrected chi connectivity index (χ3v) is 6.28. The Kier molecular flexibility index (Phi) is 9.11. The normalized spacial score (nSPS) is 17.2. The van der Waals surface area contributed by atoms with Crippen LogP contribution in [0.4, 0.5) is 0 Å². The lowest BCUT2D eigenvalue weighted by Crippen LogP contribution is -2.30. The lowest BCUT2D eigenvalue weighted by molar-refractivity contribution is -0.145. The number of hydrogen-bond donors (Lipinski definition) is 0. The summed E-state index contributed by atoms with van der Waals surface area (Å²) >= 11 is 0. The van der Waals surface area contributed by atoms with E-state index in [2.05, 4.69) is 0 Å². The molecule has 188 valence electrons. The van der Waals surface area contributed by atoms with Crippen molar-refractivity contribution in [1.82, 2.24) is 0 Å². The minimum atomic E-state index is -0.261. The third kappa shape index (κ3) is 7.68. The van der Waals surface area contributed by atoms with E-state index < -0.39 is 0 Å². The van der Waals surface area contributed by atoms with Gasteiger partial charge in [-0.3, -0.25) is 9.59 Å². The van der Waals surface area contributed by atoms with E-state index in [0.717, 1.165) is 11.1 Å². The molecule has 0 bridgehead atoms. The maximum Gasteiger partial charge on any atom is 0.314 e. The summed E-state index contributed by atoms with van der Waals surface area (Å²) in [5.41, 5.74) is 2.24. The number of carbonyl (C=O) groups excluding carboxylic acids is 2. The molecule has 0 heterocycles. The molecule has 0 aliphatic heterocycles. The second-order valence-electron chi connectivity index (χ2n) is 9.06. The van der Waals surface area contributed by atoms with Crippen molar-refractivity contribution < 1.29 is 28.5 Å². The maximum absolute atomic E-state index is 12.6. The Balaban J connectivity index is 1.14. The molecule has 1 saturated carbocycles. The quantitative estimate of drug-likeness (QED) is 0.201. The molecule has 6 heteroatoms. The van der Waals surface area contributed by atoms with Crippen LogP contribution >= 0.6 is 0 Å². The molecule has 36 heavy (non-hydrogen) atoms. The Labute approximate surface area is 212 Å². The first-order valence-electron chi connectivity index (χ1n) is 12.4. The highest BCUT2D eigenvalue weighted by Crippen LogP contribution is 2.31. The van der Waals surface area contributed by atoms with Crippen LogP contribution in [0.15, 0.2) is 78.9 Å². The van der Waals surface area contributed by atoms with E-state index in [-0.39, 0.29) is 23.8 Å². The second-order valence-corrected chi connectivity index (χ2v) is 9.06. The fraction of sp³-hybridized carbons (Fsp3) is 0.333. The molecule has 0 N–H and O–H groups in total. The highest BCUT2D eigenvalue weighted by Gasteiger charge is 2.32. The minimum Gasteiger partial charge on any atom is -0.491 e. The van der Waals surface area contributed by atoms with Gasteiger partial charge in [0, 0.05) is 0 Å². The molecule has 1 aliphatic rings. The van der Waals surface area contributed by atoms with E-state index >= 15 is 0 Å². The van der Waals surface area contributed by atoms with Crippen LogP contribution in [0.2, 0.25) is 0 Å². The first-order chi connectivity index (χ1) is 17.6. The van der Waals surface area contributed by atoms with Crippen molar-refractivity contribution >= 4 is 11.9 Å². The van der Waals surface area contributed by atoms with Gasteiger partial charge in [-0.15, -0.1) is 0 Å². The van der Waals surface area contributed by atoms with Gasteiger partial charge in [-0.2, -0.15) is 0 Å². The van der Waals surface area contributed by atoms with Gasteiger partial charge in [0.2, 0.25) is 0 Å². The Morgan fingerprint density at radius 1 is 0.667 bits per heavy atom. The summed E-state index contributed by atoms with van der Waals surface area (Å²) in [6, 6.07) is 24.4. The van der Waals surface area contributed by atoms with Crippen LogP contribution in [0.1, 0.15) is 36.8 Å². The van der Waals surface area contributed by atoms with E-state index in [9.17, 15) is 9.59 Å². The van der Waals surface area contributed by atoms with Gasteiger partial charge in [-0.25, -0.2) is 0 Å². The molecule has 0 saturated heterocycles. The van der Waals surface area contributed by atoms with Crippen LogP contribution in [-0.4, -0.2) is 25.2 Å². The summed E-state index contributed by atoms with van der Waals surface area (Å²) in [5, 5.41) is 0. The van der Waals surface area contributed by atoms with E-state index in [4.69, 9.17) is 18.9 Å². The number of carbonyl (C=O) groups is 2. The SMILES string of the molecule is Cc1ccc(OC(=O)[C@H]2CC[C@H](C(=O)Oc3ccc(OCCOCc4ccccc4)cc3)CC2)cc1. The summed E-state index contributed by atoms with van der Waals surface area (Å²) in [7, 11) is 0. The van der Waals surface area contributed by atoms with E-state index in [1.54, 1.807) is 36.4 Å². The lowest BCUT2D eigenvalue weighted by Gasteiger charge is -2.25. The van der Waals surface area contributed by atoms with Gasteiger partial charge in [-0.05, 0) is 74.6 Å². The largest absolute Gasteiger partial charge is 0.491 e. The second kappa shape index (κ2) is 12.9. The van der Waals surface area contributed by atoms with Crippen LogP contribution in [0.25, 0.3) is 0 Å². The Hall–Kier alpha value is -3.64. The predicted molar refractivity (Wildman–Crippen MR) is 136 cm³/mol. The fourth-order valence-corrected chi connectivity index (χ4v) is 4.16. The number of hydrogen-bond acceptors (Lipinski definition) is 6. The van der Waals surface area contributed by atoms with Gasteiger partial charge in [0.05, 0.1) is 25.0 Å². The van der Waals surface area contributed by atoms with Crippen LogP contribution in [-0.2, 0) is 20.9 Å². The lowest BCUT2D eigenvalue weighted by atomic mass is 9.82. The summed E-state index contributed by atoms with van der Waals surface area (Å²) in [4.78, 5) is 25.1. The Morgan fingerprint density at radius 3 is 1.72 bits per heavy atom. The number of benzene rings is 3. The molecule has 3 aromatic rings. The standard InChI is InChI=1S/C30H32O6/c1-22-7-13-27(14-8-22)35-29(31)24-9-11-25(12-10-24)30(32)36-28-17-15-26(16-18-28)34-20-19-33-21-23-5-3-2-4-6-23/h2-8,13-18,24-25H,9-12,19-21H2,1H3/t24-,25-. The molecular formula is C30H32O6. The van der Waals surface area contributed by atoms with Gasteiger partial charge in [-0.1, -0.05) is 48.0 Å². The number of aryl methyl sites for hydroxylation is 1. The van der Waals surface area contributed by atoms with E-state index in [1.807, 2.05) is 49.4 Å². The first-order valence-corrected chi connectivity index (χ1v) is 12.4. The molecule has 3 aromatic carbocycles. The molecule has 0 aromatic heterocycles. The summed E-state index contributed by atoms with van der Waals surface area (Å²) in [6.45, 7) is 3.45. The van der Waals surface area contributed by atoms with Crippen molar-refractivity contribution in [2.24, 2.45) is 11.8 Å². The van der Waals surface area contributed by atoms with Gasteiger partial charge >= 0.3 is 11.9 Å². The van der Waals surface area contributed by atoms with Gasteiger partial charge in [0.1, 0.15) is 23.9 Å². The van der Waals surface area contributed by atoms with Crippen molar-refractivity contribution in [2.75, 3.05) is 13.2 Å². The van der Waals surface area contributed by atoms with Gasteiger partial charge in [0.25, 0.3) is 0 Å². The molecule has 0 spiro atoms. The van der Waals surface area contributed by atoms with Crippen molar-refractivity contribution in [3.8, 4) is 17.2 Å². The number of ether oxygens (including phenoxy) is 4. The smallest absolute Gasteiger partial charge is 0.314 e. The number of rotatable bonds is 10. The van der Waals surface area contributed by atoms with Crippen molar-refractivity contribution in [3.05, 3.63) is 90.0 Å². The van der Waals surface area contributed by atoms with Gasteiger partial charge < -0.3 is 18.9 Å². The zero-order chi connectivity index (χ0) is 25.2. The molecule has 0 atom stereocenters. The van der Waals surface area contributed by atoms with Crippen molar-refractivity contribution in [1.29, 1.82) is 0 Å². The Bertz CT molecular complexity index is 1100. The van der Waals surface area contributed by atoms with E-state index in [0.29, 0.717) is 62.8 Å². The van der Waals surface area contributed by atoms with Crippen LogP contribution in [0.5, 0.6) is 17.2 Å². The zero-order valence-electron chi connectivity index (χ0n) is 20.6. The average Bonchev–Trinajstić information content (AvgIpc) is 2.91. The molecule has 4 rings (SSSR count). The summed E-state index contributed by atoms with van der Waals surface area (Å²) in [6.07, 6.45) is 2.44. The first kappa shape index (κ1) is 25.5. The topological polar surface area (TPSA) is 71.1 Å². The van der Waals surface area contributed by atoms with Crippen LogP contribution < -0.4 is 14.2 Å². The highest BCUT2D eigenvalue weighted by molar-refractivity contribution is 5.77. The summed E-state index contributed by atoms with van der Waals surface area (Å²) < 4.78 is 22.4. The van der Waals surface area contributed by atoms with Crippen molar-refractivity contribution in [2.45, 2.75) is 39.2 Å². The maximum atomic E-state index is 12.6. The van der Waals surface area contributed by atoms with Crippen LogP contribution in [0, 0.1) is 18.8 Å². The molecule has 0 unspecified atom stereocenters. The molecular weight excluding hydrogens is 456 g/mol. The number of esters is 2. The molecule has 1 aliphatic carbocycles. The van der Waals surface area contributed by atoms with Gasteiger partial charge in [0.15, 0.2) is 0 Å². The zero-order valence-corrected chi connectivity index (χ0v) is 20.6. The Morgan fingerprint density at radius 2 is 1.17 bits per heavy atom. The molecule has 0 amide bonds. The fourth-order valence-electron chi connectivity index (χ4n) is 4.16. The van der Waals surface area contributed by atoms with E-state index in [1.165, 1.54) is 0 Å². The highest BCUT2D eigenvalue weighted by atomic mass is 16.5. The third-order valence-electron chi connectivity index (χ3n) is 6.28. The van der Waals surface area contributed by atoms with Crippen LogP contribution in [0.3, 0.4) is 0 Å². The monoisotopic (exact) mass is 488 g/mol. The molecule has 0 radical (unpaired) electrons.